The molecule has 31 heavy (non-hydrogen) atoms. The Morgan fingerprint density at radius 1 is 1.00 bits per heavy atom. The first kappa shape index (κ1) is 22.2. The number of benzene rings is 2. The molecule has 2 N–H and O–H groups in total. The molecule has 0 amide bonds. The Hall–Kier alpha value is -3.45. The van der Waals surface area contributed by atoms with E-state index in [0.29, 0.717) is 52.8 Å². The fourth-order valence-corrected chi connectivity index (χ4v) is 3.31. The number of methoxy groups -OCH3 is 3. The first-order valence-corrected chi connectivity index (χ1v) is 10.00. The first-order chi connectivity index (χ1) is 15.1. The van der Waals surface area contributed by atoms with Crippen LogP contribution in [0.2, 0.25) is 0 Å². The van der Waals surface area contributed by atoms with Gasteiger partial charge in [-0.3, -0.25) is 4.79 Å². The maximum Gasteiger partial charge on any atom is 0.203 e. The van der Waals surface area contributed by atoms with Gasteiger partial charge in [-0.15, -0.1) is 0 Å². The van der Waals surface area contributed by atoms with Crippen molar-refractivity contribution in [1.29, 1.82) is 0 Å². The molecule has 0 saturated carbocycles. The van der Waals surface area contributed by atoms with Gasteiger partial charge in [0.05, 0.1) is 27.6 Å². The highest BCUT2D eigenvalue weighted by atomic mass is 16.5. The number of ketones is 1. The van der Waals surface area contributed by atoms with Crippen molar-refractivity contribution in [2.24, 2.45) is 0 Å². The zero-order valence-electron chi connectivity index (χ0n) is 17.9. The number of hydrogen-bond donors (Lipinski definition) is 2. The van der Waals surface area contributed by atoms with E-state index in [1.807, 2.05) is 18.2 Å². The molecule has 0 aliphatic rings. The zero-order valence-corrected chi connectivity index (χ0v) is 17.9. The van der Waals surface area contributed by atoms with E-state index >= 15 is 0 Å². The van der Waals surface area contributed by atoms with Crippen LogP contribution in [-0.4, -0.2) is 45.4 Å². The molecule has 7 nitrogen and oxygen atoms in total. The third-order valence-electron chi connectivity index (χ3n) is 4.90. The summed E-state index contributed by atoms with van der Waals surface area (Å²) >= 11 is 0. The number of anilines is 1. The molecule has 0 unspecified atom stereocenters. The summed E-state index contributed by atoms with van der Waals surface area (Å²) in [4.78, 5) is 13.6. The Morgan fingerprint density at radius 2 is 1.74 bits per heavy atom. The molecule has 0 atom stereocenters. The molecule has 3 rings (SSSR count). The Bertz CT molecular complexity index is 988. The van der Waals surface area contributed by atoms with Gasteiger partial charge in [-0.25, -0.2) is 0 Å². The molecule has 0 bridgehead atoms. The highest BCUT2D eigenvalue weighted by molar-refractivity contribution is 6.13. The van der Waals surface area contributed by atoms with E-state index in [0.717, 1.165) is 12.0 Å². The largest absolute Gasteiger partial charge is 0.493 e. The summed E-state index contributed by atoms with van der Waals surface area (Å²) in [6.07, 6.45) is 3.07. The second kappa shape index (κ2) is 10.5. The van der Waals surface area contributed by atoms with E-state index in [1.54, 1.807) is 30.5 Å². The maximum absolute atomic E-state index is 13.6. The lowest BCUT2D eigenvalue weighted by atomic mass is 9.97. The molecule has 164 valence electrons. The van der Waals surface area contributed by atoms with Crippen LogP contribution in [0.25, 0.3) is 11.3 Å². The lowest BCUT2D eigenvalue weighted by molar-refractivity contribution is 0.103. The predicted octanol–water partition coefficient (Wildman–Crippen LogP) is 4.39. The van der Waals surface area contributed by atoms with Crippen LogP contribution in [0.15, 0.2) is 53.1 Å². The number of hydrogen-bond acceptors (Lipinski definition) is 7. The molecule has 1 aromatic heterocycles. The Morgan fingerprint density at radius 3 is 2.32 bits per heavy atom. The quantitative estimate of drug-likeness (QED) is 0.348. The Balaban J connectivity index is 2.04. The summed E-state index contributed by atoms with van der Waals surface area (Å²) in [5, 5.41) is 12.3. The molecule has 0 saturated heterocycles. The van der Waals surface area contributed by atoms with Gasteiger partial charge in [-0.1, -0.05) is 0 Å². The molecular formula is C24H27NO6. The highest BCUT2D eigenvalue weighted by Gasteiger charge is 2.21. The van der Waals surface area contributed by atoms with Crippen LogP contribution in [0.1, 0.15) is 28.8 Å². The van der Waals surface area contributed by atoms with Gasteiger partial charge >= 0.3 is 0 Å². The number of carbonyl (C=O) groups excluding carboxylic acids is 1. The van der Waals surface area contributed by atoms with Crippen molar-refractivity contribution >= 4 is 11.5 Å². The minimum absolute atomic E-state index is 0.135. The van der Waals surface area contributed by atoms with Gasteiger partial charge in [-0.05, 0) is 55.3 Å². The minimum atomic E-state index is -0.197. The average molecular weight is 425 g/mol. The Kier molecular flexibility index (Phi) is 7.56. The number of furan rings is 1. The van der Waals surface area contributed by atoms with Crippen molar-refractivity contribution in [3.8, 4) is 28.6 Å². The van der Waals surface area contributed by atoms with Crippen LogP contribution < -0.4 is 19.5 Å². The van der Waals surface area contributed by atoms with E-state index in [1.165, 1.54) is 21.3 Å². The predicted molar refractivity (Wildman–Crippen MR) is 118 cm³/mol. The average Bonchev–Trinajstić information content (AvgIpc) is 3.35. The van der Waals surface area contributed by atoms with Gasteiger partial charge in [-0.2, -0.15) is 0 Å². The van der Waals surface area contributed by atoms with Crippen LogP contribution in [-0.2, 0) is 0 Å². The summed E-state index contributed by atoms with van der Waals surface area (Å²) in [6, 6.07) is 12.5. The summed E-state index contributed by atoms with van der Waals surface area (Å²) in [5.74, 6) is 1.71. The van der Waals surface area contributed by atoms with Crippen molar-refractivity contribution in [3.05, 3.63) is 59.9 Å². The van der Waals surface area contributed by atoms with Crippen molar-refractivity contribution in [2.45, 2.75) is 12.8 Å². The molecule has 0 radical (unpaired) electrons. The molecular weight excluding hydrogens is 398 g/mol. The summed E-state index contributed by atoms with van der Waals surface area (Å²) in [5.41, 5.74) is 2.39. The fourth-order valence-electron chi connectivity index (χ4n) is 3.31. The topological polar surface area (TPSA) is 90.2 Å². The number of ether oxygens (including phenoxy) is 3. The maximum atomic E-state index is 13.6. The van der Waals surface area contributed by atoms with Gasteiger partial charge in [0, 0.05) is 35.5 Å². The third kappa shape index (κ3) is 5.00. The van der Waals surface area contributed by atoms with Gasteiger partial charge in [0.25, 0.3) is 0 Å². The molecule has 7 heteroatoms. The standard InChI is InChI=1S/C24H27NO6/c1-28-21-14-17(15-22(29-2)24(21)30-3)23(27)18-13-16(20-7-6-12-31-20)8-9-19(18)25-10-4-5-11-26/h6-9,12-15,25-26H,4-5,10-11H2,1-3H3. The molecule has 0 fully saturated rings. The lowest BCUT2D eigenvalue weighted by Gasteiger charge is -2.16. The second-order valence-corrected chi connectivity index (χ2v) is 6.84. The van der Waals surface area contributed by atoms with Crippen LogP contribution in [0.3, 0.4) is 0 Å². The molecule has 0 spiro atoms. The molecule has 1 heterocycles. The smallest absolute Gasteiger partial charge is 0.203 e. The molecule has 0 aliphatic carbocycles. The number of carbonyl (C=O) groups is 1. The van der Waals surface area contributed by atoms with Gasteiger partial charge in [0.1, 0.15) is 5.76 Å². The molecule has 2 aromatic carbocycles. The van der Waals surface area contributed by atoms with Gasteiger partial charge < -0.3 is 29.1 Å². The number of nitrogens with one attached hydrogen (secondary N) is 1. The first-order valence-electron chi connectivity index (χ1n) is 10.00. The van der Waals surface area contributed by atoms with Crippen LogP contribution in [0, 0.1) is 0 Å². The van der Waals surface area contributed by atoms with E-state index in [9.17, 15) is 4.79 Å². The molecule has 0 aliphatic heterocycles. The van der Waals surface area contributed by atoms with E-state index < -0.39 is 0 Å². The van der Waals surface area contributed by atoms with E-state index in [4.69, 9.17) is 23.7 Å². The van der Waals surface area contributed by atoms with Crippen molar-refractivity contribution in [1.82, 2.24) is 0 Å². The number of aliphatic hydroxyl groups is 1. The van der Waals surface area contributed by atoms with E-state index in [2.05, 4.69) is 5.32 Å². The van der Waals surface area contributed by atoms with Crippen LogP contribution in [0.5, 0.6) is 17.2 Å². The highest BCUT2D eigenvalue weighted by Crippen LogP contribution is 2.39. The third-order valence-corrected chi connectivity index (χ3v) is 4.90. The van der Waals surface area contributed by atoms with Crippen LogP contribution in [0.4, 0.5) is 5.69 Å². The lowest BCUT2D eigenvalue weighted by Crippen LogP contribution is -2.10. The summed E-state index contributed by atoms with van der Waals surface area (Å²) in [7, 11) is 4.54. The SMILES string of the molecule is COc1cc(C(=O)c2cc(-c3ccco3)ccc2NCCCCO)cc(OC)c1OC. The minimum Gasteiger partial charge on any atom is -0.493 e. The fraction of sp³-hybridized carbons (Fsp3) is 0.292. The monoisotopic (exact) mass is 425 g/mol. The number of rotatable bonds is 11. The normalized spacial score (nSPS) is 10.6. The van der Waals surface area contributed by atoms with E-state index in [-0.39, 0.29) is 12.4 Å². The Labute approximate surface area is 181 Å². The van der Waals surface area contributed by atoms with Crippen molar-refractivity contribution in [3.63, 3.8) is 0 Å². The van der Waals surface area contributed by atoms with Crippen molar-refractivity contribution in [2.75, 3.05) is 39.8 Å². The zero-order chi connectivity index (χ0) is 22.2. The number of aliphatic hydroxyl groups excluding tert-OH is 1. The van der Waals surface area contributed by atoms with Crippen LogP contribution >= 0.6 is 0 Å². The summed E-state index contributed by atoms with van der Waals surface area (Å²) < 4.78 is 21.7. The summed E-state index contributed by atoms with van der Waals surface area (Å²) in [6.45, 7) is 0.770. The number of unbranched alkanes of at least 4 members (excludes halogenated alkanes) is 1. The van der Waals surface area contributed by atoms with Gasteiger partial charge in [0.15, 0.2) is 17.3 Å². The molecule has 3 aromatic rings. The second-order valence-electron chi connectivity index (χ2n) is 6.84. The van der Waals surface area contributed by atoms with Crippen molar-refractivity contribution < 1.29 is 28.5 Å². The van der Waals surface area contributed by atoms with Gasteiger partial charge in [0.2, 0.25) is 5.75 Å².